The molecule has 20 heavy (non-hydrogen) atoms. The highest BCUT2D eigenvalue weighted by molar-refractivity contribution is 5.94. The van der Waals surface area contributed by atoms with Crippen LogP contribution in [0.5, 0.6) is 0 Å². The number of nitrogens with two attached hydrogens (primary N) is 1. The Morgan fingerprint density at radius 1 is 1.50 bits per heavy atom. The van der Waals surface area contributed by atoms with Crippen LogP contribution >= 0.6 is 0 Å². The molecule has 0 aliphatic carbocycles. The van der Waals surface area contributed by atoms with E-state index in [9.17, 15) is 9.59 Å². The lowest BCUT2D eigenvalue weighted by Gasteiger charge is -2.17. The summed E-state index contributed by atoms with van der Waals surface area (Å²) in [6.45, 7) is 4.80. The van der Waals surface area contributed by atoms with Crippen molar-refractivity contribution in [3.63, 3.8) is 0 Å². The minimum atomic E-state index is -0.688. The van der Waals surface area contributed by atoms with E-state index >= 15 is 0 Å². The highest BCUT2D eigenvalue weighted by Crippen LogP contribution is 2.07. The van der Waals surface area contributed by atoms with Crippen molar-refractivity contribution in [2.75, 3.05) is 13.7 Å². The van der Waals surface area contributed by atoms with E-state index < -0.39 is 17.9 Å². The van der Waals surface area contributed by atoms with Crippen molar-refractivity contribution in [3.8, 4) is 0 Å². The van der Waals surface area contributed by atoms with Crippen molar-refractivity contribution in [2.24, 2.45) is 11.7 Å². The Balaban J connectivity index is 2.71. The van der Waals surface area contributed by atoms with Crippen LogP contribution in [0.15, 0.2) is 6.20 Å². The van der Waals surface area contributed by atoms with Gasteiger partial charge in [0.1, 0.15) is 6.04 Å². The van der Waals surface area contributed by atoms with E-state index in [-0.39, 0.29) is 11.6 Å². The van der Waals surface area contributed by atoms with E-state index in [0.29, 0.717) is 19.5 Å². The van der Waals surface area contributed by atoms with Crippen molar-refractivity contribution in [3.05, 3.63) is 11.9 Å². The summed E-state index contributed by atoms with van der Waals surface area (Å²) in [4.78, 5) is 23.6. The summed E-state index contributed by atoms with van der Waals surface area (Å²) >= 11 is 0. The van der Waals surface area contributed by atoms with Gasteiger partial charge in [-0.15, -0.1) is 5.10 Å². The molecule has 0 aliphatic rings. The SMILES string of the molecule is COC(=O)C(CC(C)C)NC(=O)c1cn(CCN)nn1. The second kappa shape index (κ2) is 7.59. The van der Waals surface area contributed by atoms with Gasteiger partial charge in [-0.1, -0.05) is 19.1 Å². The van der Waals surface area contributed by atoms with Crippen LogP contribution in [0.25, 0.3) is 0 Å². The van der Waals surface area contributed by atoms with Gasteiger partial charge in [-0.3, -0.25) is 9.48 Å². The van der Waals surface area contributed by atoms with E-state index in [1.54, 1.807) is 0 Å². The van der Waals surface area contributed by atoms with Gasteiger partial charge in [0.05, 0.1) is 19.9 Å². The molecule has 0 spiro atoms. The maximum atomic E-state index is 12.0. The van der Waals surface area contributed by atoms with Crippen molar-refractivity contribution in [2.45, 2.75) is 32.9 Å². The zero-order valence-corrected chi connectivity index (χ0v) is 12.0. The number of carbonyl (C=O) groups excluding carboxylic acids is 2. The quantitative estimate of drug-likeness (QED) is 0.656. The molecule has 0 bridgehead atoms. The van der Waals surface area contributed by atoms with Crippen LogP contribution in [0.1, 0.15) is 30.8 Å². The zero-order chi connectivity index (χ0) is 15.1. The molecule has 1 heterocycles. The summed E-state index contributed by atoms with van der Waals surface area (Å²) in [5, 5.41) is 10.1. The monoisotopic (exact) mass is 283 g/mol. The minimum Gasteiger partial charge on any atom is -0.467 e. The highest BCUT2D eigenvalue weighted by Gasteiger charge is 2.24. The van der Waals surface area contributed by atoms with Gasteiger partial charge >= 0.3 is 5.97 Å². The number of amides is 1. The Morgan fingerprint density at radius 2 is 2.20 bits per heavy atom. The third-order valence-corrected chi connectivity index (χ3v) is 2.63. The van der Waals surface area contributed by atoms with Crippen molar-refractivity contribution < 1.29 is 14.3 Å². The van der Waals surface area contributed by atoms with Gasteiger partial charge in [0.15, 0.2) is 5.69 Å². The van der Waals surface area contributed by atoms with E-state index in [2.05, 4.69) is 20.4 Å². The Kier molecular flexibility index (Phi) is 6.10. The van der Waals surface area contributed by atoms with E-state index in [4.69, 9.17) is 5.73 Å². The van der Waals surface area contributed by atoms with Gasteiger partial charge in [-0.25, -0.2) is 4.79 Å². The molecule has 0 saturated heterocycles. The normalized spacial score (nSPS) is 12.2. The zero-order valence-electron chi connectivity index (χ0n) is 12.0. The molecule has 1 aromatic rings. The van der Waals surface area contributed by atoms with Crippen LogP contribution in [-0.2, 0) is 16.1 Å². The fraction of sp³-hybridized carbons (Fsp3) is 0.667. The standard InChI is InChI=1S/C12H21N5O3/c1-8(2)6-9(12(19)20-3)14-11(18)10-7-17(5-4-13)16-15-10/h7-9H,4-6,13H2,1-3H3,(H,14,18). The van der Waals surface area contributed by atoms with E-state index in [0.717, 1.165) is 0 Å². The lowest BCUT2D eigenvalue weighted by atomic mass is 10.0. The van der Waals surface area contributed by atoms with Gasteiger partial charge in [0.2, 0.25) is 0 Å². The molecular formula is C12H21N5O3. The number of esters is 1. The molecule has 0 aliphatic heterocycles. The number of nitrogens with one attached hydrogen (secondary N) is 1. The Hall–Kier alpha value is -1.96. The third kappa shape index (κ3) is 4.61. The lowest BCUT2D eigenvalue weighted by molar-refractivity contribution is -0.143. The molecule has 1 rings (SSSR count). The second-order valence-electron chi connectivity index (χ2n) is 4.83. The number of ether oxygens (including phenoxy) is 1. The summed E-state index contributed by atoms with van der Waals surface area (Å²) in [6, 6.07) is -0.688. The number of hydrogen-bond acceptors (Lipinski definition) is 6. The number of rotatable bonds is 7. The summed E-state index contributed by atoms with van der Waals surface area (Å²) in [5.74, 6) is -0.682. The first-order valence-corrected chi connectivity index (χ1v) is 6.46. The first-order chi connectivity index (χ1) is 9.47. The maximum Gasteiger partial charge on any atom is 0.328 e. The van der Waals surface area contributed by atoms with Crippen LogP contribution in [-0.4, -0.2) is 46.6 Å². The molecule has 112 valence electrons. The highest BCUT2D eigenvalue weighted by atomic mass is 16.5. The van der Waals surface area contributed by atoms with Crippen LogP contribution < -0.4 is 11.1 Å². The number of hydrogen-bond donors (Lipinski definition) is 2. The van der Waals surface area contributed by atoms with E-state index in [1.165, 1.54) is 18.0 Å². The molecule has 1 aromatic heterocycles. The first-order valence-electron chi connectivity index (χ1n) is 6.46. The molecule has 0 saturated carbocycles. The predicted molar refractivity (Wildman–Crippen MR) is 71.8 cm³/mol. The fourth-order valence-corrected chi connectivity index (χ4v) is 1.70. The van der Waals surface area contributed by atoms with Gasteiger partial charge in [0.25, 0.3) is 5.91 Å². The summed E-state index contributed by atoms with van der Waals surface area (Å²) in [7, 11) is 1.29. The van der Waals surface area contributed by atoms with Gasteiger partial charge in [-0.2, -0.15) is 0 Å². The second-order valence-corrected chi connectivity index (χ2v) is 4.83. The Bertz CT molecular complexity index is 458. The molecule has 1 unspecified atom stereocenters. The number of aromatic nitrogens is 3. The van der Waals surface area contributed by atoms with Crippen LogP contribution in [0.2, 0.25) is 0 Å². The van der Waals surface area contributed by atoms with E-state index in [1.807, 2.05) is 13.8 Å². The lowest BCUT2D eigenvalue weighted by Crippen LogP contribution is -2.42. The van der Waals surface area contributed by atoms with Crippen LogP contribution in [0.4, 0.5) is 0 Å². The van der Waals surface area contributed by atoms with Crippen LogP contribution in [0.3, 0.4) is 0 Å². The molecule has 3 N–H and O–H groups in total. The molecular weight excluding hydrogens is 262 g/mol. The molecule has 0 aromatic carbocycles. The van der Waals surface area contributed by atoms with Crippen molar-refractivity contribution in [1.29, 1.82) is 0 Å². The average Bonchev–Trinajstić information content (AvgIpc) is 2.85. The smallest absolute Gasteiger partial charge is 0.328 e. The molecule has 8 nitrogen and oxygen atoms in total. The van der Waals surface area contributed by atoms with Crippen LogP contribution in [0, 0.1) is 5.92 Å². The number of carbonyl (C=O) groups is 2. The van der Waals surface area contributed by atoms with Gasteiger partial charge in [-0.05, 0) is 12.3 Å². The molecule has 8 heteroatoms. The fourth-order valence-electron chi connectivity index (χ4n) is 1.70. The molecule has 1 amide bonds. The molecule has 0 radical (unpaired) electrons. The Morgan fingerprint density at radius 3 is 2.75 bits per heavy atom. The Labute approximate surface area is 117 Å². The first kappa shape index (κ1) is 16.1. The number of nitrogens with zero attached hydrogens (tertiary/aromatic N) is 3. The summed E-state index contributed by atoms with van der Waals surface area (Å²) in [6.07, 6.45) is 1.99. The third-order valence-electron chi connectivity index (χ3n) is 2.63. The molecule has 1 atom stereocenters. The number of methoxy groups -OCH3 is 1. The minimum absolute atomic E-state index is 0.149. The van der Waals surface area contributed by atoms with Crippen molar-refractivity contribution in [1.82, 2.24) is 20.3 Å². The average molecular weight is 283 g/mol. The molecule has 0 fully saturated rings. The maximum absolute atomic E-state index is 12.0. The topological polar surface area (TPSA) is 112 Å². The van der Waals surface area contributed by atoms with Gasteiger partial charge < -0.3 is 15.8 Å². The summed E-state index contributed by atoms with van der Waals surface area (Å²) < 4.78 is 6.16. The largest absolute Gasteiger partial charge is 0.467 e. The van der Waals surface area contributed by atoms with Gasteiger partial charge in [0, 0.05) is 6.54 Å². The predicted octanol–water partition coefficient (Wildman–Crippen LogP) is -0.446. The summed E-state index contributed by atoms with van der Waals surface area (Å²) in [5.41, 5.74) is 5.54. The van der Waals surface area contributed by atoms with Crippen molar-refractivity contribution >= 4 is 11.9 Å².